The molecule has 2 aromatic carbocycles. The SMILES string of the molecule is N[C@@H]1CCCC[C@H]1NS(=O)(=O)c1ccc(SSc2ccc(S(=O)(=O)N[C@H]3CCCC[C@@H]3N)cc2)cc1. The second kappa shape index (κ2) is 12.2. The van der Waals surface area contributed by atoms with Crippen molar-refractivity contribution in [3.8, 4) is 0 Å². The Balaban J connectivity index is 1.32. The molecule has 0 radical (unpaired) electrons. The smallest absolute Gasteiger partial charge is 0.240 e. The van der Waals surface area contributed by atoms with Crippen molar-refractivity contribution in [2.75, 3.05) is 0 Å². The zero-order valence-electron chi connectivity index (χ0n) is 20.0. The summed E-state index contributed by atoms with van der Waals surface area (Å²) in [5, 5.41) is 0. The molecule has 6 N–H and O–H groups in total. The summed E-state index contributed by atoms with van der Waals surface area (Å²) in [4.78, 5) is 2.21. The van der Waals surface area contributed by atoms with E-state index >= 15 is 0 Å². The summed E-state index contributed by atoms with van der Waals surface area (Å²) < 4.78 is 56.5. The van der Waals surface area contributed by atoms with Crippen molar-refractivity contribution in [1.82, 2.24) is 9.44 Å². The van der Waals surface area contributed by atoms with Gasteiger partial charge in [0.05, 0.1) is 9.79 Å². The Morgan fingerprint density at radius 2 is 0.917 bits per heavy atom. The van der Waals surface area contributed by atoms with Crippen LogP contribution in [0.2, 0.25) is 0 Å². The van der Waals surface area contributed by atoms with E-state index in [9.17, 15) is 16.8 Å². The van der Waals surface area contributed by atoms with Crippen LogP contribution in [0.5, 0.6) is 0 Å². The van der Waals surface area contributed by atoms with Crippen LogP contribution in [0.4, 0.5) is 0 Å². The minimum Gasteiger partial charge on any atom is -0.326 e. The summed E-state index contributed by atoms with van der Waals surface area (Å²) >= 11 is 0. The average molecular weight is 571 g/mol. The Morgan fingerprint density at radius 3 is 1.25 bits per heavy atom. The number of sulfonamides is 2. The first-order valence-corrected chi connectivity index (χ1v) is 17.4. The molecule has 0 unspecified atom stereocenters. The Kier molecular flexibility index (Phi) is 9.43. The van der Waals surface area contributed by atoms with Gasteiger partial charge in [-0.25, -0.2) is 26.3 Å². The van der Waals surface area contributed by atoms with Crippen LogP contribution in [-0.2, 0) is 20.0 Å². The highest BCUT2D eigenvalue weighted by Crippen LogP contribution is 2.38. The van der Waals surface area contributed by atoms with E-state index in [4.69, 9.17) is 11.5 Å². The maximum atomic E-state index is 12.8. The molecular formula is C24H34N4O4S4. The molecular weight excluding hydrogens is 537 g/mol. The molecule has 4 atom stereocenters. The molecule has 0 amide bonds. The Labute approximate surface area is 222 Å². The zero-order valence-corrected chi connectivity index (χ0v) is 23.3. The van der Waals surface area contributed by atoms with Gasteiger partial charge in [0, 0.05) is 34.0 Å². The van der Waals surface area contributed by atoms with E-state index in [1.165, 1.54) is 21.6 Å². The zero-order chi connectivity index (χ0) is 25.8. The van der Waals surface area contributed by atoms with Crippen LogP contribution >= 0.6 is 21.6 Å². The Hall–Kier alpha value is -1.12. The molecule has 2 saturated carbocycles. The first-order valence-electron chi connectivity index (χ1n) is 12.2. The van der Waals surface area contributed by atoms with Crippen LogP contribution in [-0.4, -0.2) is 41.0 Å². The summed E-state index contributed by atoms with van der Waals surface area (Å²) in [6.45, 7) is 0. The summed E-state index contributed by atoms with van der Waals surface area (Å²) in [7, 11) is -4.31. The maximum absolute atomic E-state index is 12.8. The normalized spacial score (nSPS) is 25.5. The van der Waals surface area contributed by atoms with Crippen LogP contribution in [0.25, 0.3) is 0 Å². The molecule has 0 aliphatic heterocycles. The molecule has 2 fully saturated rings. The van der Waals surface area contributed by atoms with Gasteiger partial charge in [0.1, 0.15) is 0 Å². The summed E-state index contributed by atoms with van der Waals surface area (Å²) in [5.41, 5.74) is 12.2. The van der Waals surface area contributed by atoms with Crippen molar-refractivity contribution in [1.29, 1.82) is 0 Å². The first-order chi connectivity index (χ1) is 17.1. The lowest BCUT2D eigenvalue weighted by Crippen LogP contribution is -2.49. The Morgan fingerprint density at radius 1 is 0.583 bits per heavy atom. The first kappa shape index (κ1) is 27.9. The van der Waals surface area contributed by atoms with Crippen molar-refractivity contribution in [2.24, 2.45) is 11.5 Å². The monoisotopic (exact) mass is 570 g/mol. The molecule has 12 heteroatoms. The Bertz CT molecular complexity index is 1120. The number of hydrogen-bond donors (Lipinski definition) is 4. The largest absolute Gasteiger partial charge is 0.326 e. The molecule has 2 aliphatic rings. The molecule has 0 spiro atoms. The van der Waals surface area contributed by atoms with Crippen molar-refractivity contribution in [3.05, 3.63) is 48.5 Å². The van der Waals surface area contributed by atoms with Crippen molar-refractivity contribution < 1.29 is 16.8 Å². The van der Waals surface area contributed by atoms with E-state index in [1.54, 1.807) is 48.5 Å². The van der Waals surface area contributed by atoms with Gasteiger partial charge in [-0.3, -0.25) is 0 Å². The van der Waals surface area contributed by atoms with E-state index in [1.807, 2.05) is 0 Å². The van der Waals surface area contributed by atoms with Gasteiger partial charge in [0.15, 0.2) is 0 Å². The number of rotatable bonds is 9. The number of benzene rings is 2. The van der Waals surface area contributed by atoms with Crippen molar-refractivity contribution >= 4 is 41.6 Å². The highest BCUT2D eigenvalue weighted by molar-refractivity contribution is 8.76. The van der Waals surface area contributed by atoms with Crippen molar-refractivity contribution in [3.63, 3.8) is 0 Å². The van der Waals surface area contributed by atoms with Crippen LogP contribution < -0.4 is 20.9 Å². The summed E-state index contributed by atoms with van der Waals surface area (Å²) in [5.74, 6) is 0. The molecule has 0 bridgehead atoms. The molecule has 0 aromatic heterocycles. The van der Waals surface area contributed by atoms with E-state index < -0.39 is 20.0 Å². The van der Waals surface area contributed by atoms with Gasteiger partial charge in [-0.05, 0) is 74.2 Å². The van der Waals surface area contributed by atoms with Gasteiger partial charge in [0.25, 0.3) is 0 Å². The predicted molar refractivity (Wildman–Crippen MR) is 146 cm³/mol. The molecule has 4 rings (SSSR count). The second-order valence-electron chi connectivity index (χ2n) is 9.46. The highest BCUT2D eigenvalue weighted by atomic mass is 33.1. The molecule has 2 aromatic rings. The third kappa shape index (κ3) is 7.25. The van der Waals surface area contributed by atoms with Gasteiger partial charge in [-0.2, -0.15) is 0 Å². The minimum atomic E-state index is -3.63. The highest BCUT2D eigenvalue weighted by Gasteiger charge is 2.28. The third-order valence-corrected chi connectivity index (χ3v) is 12.2. The van der Waals surface area contributed by atoms with E-state index in [0.717, 1.165) is 61.2 Å². The van der Waals surface area contributed by atoms with E-state index in [2.05, 4.69) is 9.44 Å². The molecule has 2 aliphatic carbocycles. The second-order valence-corrected chi connectivity index (χ2v) is 15.2. The van der Waals surface area contributed by atoms with Crippen LogP contribution in [0.1, 0.15) is 51.4 Å². The van der Waals surface area contributed by atoms with Gasteiger partial charge >= 0.3 is 0 Å². The maximum Gasteiger partial charge on any atom is 0.240 e. The van der Waals surface area contributed by atoms with Gasteiger partial charge in [-0.15, -0.1) is 0 Å². The number of nitrogens with two attached hydrogens (primary N) is 2. The fraction of sp³-hybridized carbons (Fsp3) is 0.500. The minimum absolute atomic E-state index is 0.151. The molecule has 0 saturated heterocycles. The number of nitrogens with one attached hydrogen (secondary N) is 2. The van der Waals surface area contributed by atoms with E-state index in [-0.39, 0.29) is 34.0 Å². The van der Waals surface area contributed by atoms with Crippen LogP contribution in [0.3, 0.4) is 0 Å². The molecule has 36 heavy (non-hydrogen) atoms. The third-order valence-electron chi connectivity index (χ3n) is 6.75. The molecule has 198 valence electrons. The fourth-order valence-corrected chi connectivity index (χ4v) is 9.17. The lowest BCUT2D eigenvalue weighted by Gasteiger charge is -2.29. The quantitative estimate of drug-likeness (QED) is 0.335. The molecule has 8 nitrogen and oxygen atoms in total. The van der Waals surface area contributed by atoms with Gasteiger partial charge in [0.2, 0.25) is 20.0 Å². The average Bonchev–Trinajstić information content (AvgIpc) is 2.86. The topological polar surface area (TPSA) is 144 Å². The van der Waals surface area contributed by atoms with Gasteiger partial charge < -0.3 is 11.5 Å². The summed E-state index contributed by atoms with van der Waals surface area (Å²) in [6.07, 6.45) is 7.21. The van der Waals surface area contributed by atoms with Gasteiger partial charge in [-0.1, -0.05) is 47.3 Å². The number of hydrogen-bond acceptors (Lipinski definition) is 8. The van der Waals surface area contributed by atoms with Crippen molar-refractivity contribution in [2.45, 2.75) is 95.1 Å². The fourth-order valence-electron chi connectivity index (χ4n) is 4.59. The summed E-state index contributed by atoms with van der Waals surface area (Å²) in [6, 6.07) is 12.7. The lowest BCUT2D eigenvalue weighted by atomic mass is 9.92. The standard InChI is InChI=1S/C24H34N4O4S4/c25-21-5-1-3-7-23(21)27-35(29,30)19-13-9-17(10-14-19)33-34-18-11-15-20(16-12-18)36(31,32)28-24-8-4-2-6-22(24)26/h9-16,21-24,27-28H,1-8,25-26H2/t21-,22+,23-,24+. The van der Waals surface area contributed by atoms with E-state index in [0.29, 0.717) is 0 Å². The molecule has 0 heterocycles. The van der Waals surface area contributed by atoms with Crippen LogP contribution in [0.15, 0.2) is 68.1 Å². The predicted octanol–water partition coefficient (Wildman–Crippen LogP) is 3.58. The lowest BCUT2D eigenvalue weighted by molar-refractivity contribution is 0.361. The van der Waals surface area contributed by atoms with Crippen LogP contribution in [0, 0.1) is 0 Å².